The topological polar surface area (TPSA) is 220 Å². The van der Waals surface area contributed by atoms with E-state index in [0.717, 1.165) is 65.4 Å². The average Bonchev–Trinajstić information content (AvgIpc) is 2.97. The van der Waals surface area contributed by atoms with Gasteiger partial charge in [-0.3, -0.25) is 28.2 Å². The van der Waals surface area contributed by atoms with Gasteiger partial charge < -0.3 is 34.1 Å². The maximum absolute atomic E-state index is 13.0. The van der Waals surface area contributed by atoms with Crippen molar-refractivity contribution in [2.24, 2.45) is 0 Å². The van der Waals surface area contributed by atoms with Gasteiger partial charge in [0.2, 0.25) is 5.91 Å². The molecule has 1 rings (SSSR count). The van der Waals surface area contributed by atoms with Crippen LogP contribution in [0.2, 0.25) is 0 Å². The molecule has 0 saturated carbocycles. The zero-order chi connectivity index (χ0) is 39.6. The molecule has 1 aliphatic heterocycles. The number of amides is 1. The Morgan fingerprint density at radius 3 is 1.67 bits per heavy atom. The van der Waals surface area contributed by atoms with Gasteiger partial charge in [0.15, 0.2) is 18.5 Å². The summed E-state index contributed by atoms with van der Waals surface area (Å²) in [4.78, 5) is 68.1. The Balaban J connectivity index is 2.92. The number of phosphoric acid groups is 2. The first kappa shape index (κ1) is 47.1. The molecule has 1 aliphatic rings. The molecule has 7 atom stereocenters. The minimum Gasteiger partial charge on any atom is -0.463 e. The lowest BCUT2D eigenvalue weighted by atomic mass is 9.96. The predicted octanol–water partition coefficient (Wildman–Crippen LogP) is 6.04. The van der Waals surface area contributed by atoms with Crippen LogP contribution in [0, 0.1) is 0 Å². The van der Waals surface area contributed by atoms with E-state index in [1.54, 1.807) is 6.92 Å². The maximum atomic E-state index is 13.0. The van der Waals surface area contributed by atoms with Crippen molar-refractivity contribution in [3.8, 4) is 0 Å². The largest absolute Gasteiger partial charge is 0.483 e. The van der Waals surface area contributed by atoms with E-state index in [-0.39, 0.29) is 0 Å². The maximum Gasteiger partial charge on any atom is 0.483 e. The number of phosphoric ester groups is 2. The summed E-state index contributed by atoms with van der Waals surface area (Å²) < 4.78 is 61.1. The average molecular weight is 780 g/mol. The smallest absolute Gasteiger partial charge is 0.463 e. The van der Waals surface area contributed by atoms with E-state index in [1.807, 2.05) is 0 Å². The second-order valence-electron chi connectivity index (χ2n) is 12.7. The fourth-order valence-electron chi connectivity index (χ4n) is 4.95. The van der Waals surface area contributed by atoms with Gasteiger partial charge >= 0.3 is 33.6 Å². The number of hydrogen-bond donors (Lipinski definition) is 3. The van der Waals surface area contributed by atoms with E-state index in [0.29, 0.717) is 6.42 Å². The van der Waals surface area contributed by atoms with E-state index >= 15 is 0 Å². The zero-order valence-electron chi connectivity index (χ0n) is 31.4. The van der Waals surface area contributed by atoms with Crippen LogP contribution in [0.5, 0.6) is 0 Å². The zero-order valence-corrected chi connectivity index (χ0v) is 33.2. The Labute approximate surface area is 306 Å². The van der Waals surface area contributed by atoms with Crippen LogP contribution in [0.15, 0.2) is 46.6 Å². The van der Waals surface area contributed by atoms with Crippen LogP contribution in [-0.4, -0.2) is 77.5 Å². The van der Waals surface area contributed by atoms with E-state index in [1.165, 1.54) is 22.8 Å². The number of carbonyl (C=O) groups is 4. The Kier molecular flexibility index (Phi) is 20.8. The Hall–Kier alpha value is -2.94. The molecule has 1 saturated heterocycles. The van der Waals surface area contributed by atoms with Crippen molar-refractivity contribution in [2.75, 3.05) is 13.2 Å². The lowest BCUT2D eigenvalue weighted by Crippen LogP contribution is -2.66. The third-order valence-corrected chi connectivity index (χ3v) is 9.94. The van der Waals surface area contributed by atoms with Crippen LogP contribution in [0.3, 0.4) is 0 Å². The second kappa shape index (κ2) is 23.0. The van der Waals surface area contributed by atoms with Crippen LogP contribution in [-0.2, 0) is 60.6 Å². The summed E-state index contributed by atoms with van der Waals surface area (Å²) in [6.45, 7) is 13.3. The highest BCUT2D eigenvalue weighted by molar-refractivity contribution is 7.61. The molecule has 18 heteroatoms. The van der Waals surface area contributed by atoms with Crippen molar-refractivity contribution in [2.45, 2.75) is 131 Å². The highest BCUT2D eigenvalue weighted by Crippen LogP contribution is 2.61. The van der Waals surface area contributed by atoms with Crippen LogP contribution >= 0.6 is 15.6 Å². The van der Waals surface area contributed by atoms with Gasteiger partial charge in [-0.2, -0.15) is 4.31 Å². The van der Waals surface area contributed by atoms with Gasteiger partial charge in [0, 0.05) is 27.7 Å². The molecule has 0 radical (unpaired) electrons. The third-order valence-electron chi connectivity index (χ3n) is 7.34. The summed E-state index contributed by atoms with van der Waals surface area (Å²) >= 11 is 0. The van der Waals surface area contributed by atoms with Crippen molar-refractivity contribution in [1.29, 1.82) is 0 Å². The molecule has 1 fully saturated rings. The first-order valence-electron chi connectivity index (χ1n) is 16.8. The molecule has 0 aromatic heterocycles. The molecule has 1 heterocycles. The first-order valence-corrected chi connectivity index (χ1v) is 19.8. The third kappa shape index (κ3) is 20.3. The number of allylic oxidation sites excluding steroid dienone is 7. The SMILES string of the molecule is CC(=O)NC1[C@@H](OP(=O)(O)OP(=O)(O)OC/C=C(/C)CC/C=C(/C)CC/C=C(\C)CCC=C(C)C)OC(COC(C)=O)[C@@H](OC(C)=O)[C@@H]1OC(C)=O. The van der Waals surface area contributed by atoms with Gasteiger partial charge in [-0.05, 0) is 73.1 Å². The number of ether oxygens (including phenoxy) is 4. The first-order chi connectivity index (χ1) is 24.1. The van der Waals surface area contributed by atoms with Crippen molar-refractivity contribution in [3.05, 3.63) is 46.6 Å². The summed E-state index contributed by atoms with van der Waals surface area (Å²) in [5.41, 5.74) is 4.75. The van der Waals surface area contributed by atoms with E-state index in [2.05, 4.69) is 55.6 Å². The molecule has 52 heavy (non-hydrogen) atoms. The van der Waals surface area contributed by atoms with Crippen molar-refractivity contribution >= 4 is 39.5 Å². The lowest BCUT2D eigenvalue weighted by Gasteiger charge is -2.44. The van der Waals surface area contributed by atoms with Gasteiger partial charge in [0.1, 0.15) is 18.8 Å². The van der Waals surface area contributed by atoms with Gasteiger partial charge in [0.25, 0.3) is 0 Å². The summed E-state index contributed by atoms with van der Waals surface area (Å²) in [6.07, 6.45) is 6.83. The quantitative estimate of drug-likeness (QED) is 0.0523. The Morgan fingerprint density at radius 2 is 1.19 bits per heavy atom. The number of esters is 3. The molecule has 1 amide bonds. The van der Waals surface area contributed by atoms with Crippen molar-refractivity contribution in [3.63, 3.8) is 0 Å². The fraction of sp³-hybridized carbons (Fsp3) is 0.647. The molecule has 0 aliphatic carbocycles. The molecule has 16 nitrogen and oxygen atoms in total. The summed E-state index contributed by atoms with van der Waals surface area (Å²) in [5.74, 6) is -3.32. The molecule has 0 spiro atoms. The van der Waals surface area contributed by atoms with E-state index in [4.69, 9.17) is 28.0 Å². The minimum atomic E-state index is -5.56. The van der Waals surface area contributed by atoms with Gasteiger partial charge in [-0.15, -0.1) is 0 Å². The number of carbonyl (C=O) groups excluding carboxylic acids is 4. The number of hydrogen-bond acceptors (Lipinski definition) is 13. The summed E-state index contributed by atoms with van der Waals surface area (Å²) in [6, 6.07) is -1.64. The monoisotopic (exact) mass is 779 g/mol. The molecule has 0 bridgehead atoms. The van der Waals surface area contributed by atoms with Gasteiger partial charge in [0.05, 0.1) is 6.61 Å². The van der Waals surface area contributed by atoms with Crippen molar-refractivity contribution < 1.29 is 70.4 Å². The fourth-order valence-corrected chi connectivity index (χ4v) is 7.04. The van der Waals surface area contributed by atoms with Crippen LogP contribution in [0.25, 0.3) is 0 Å². The second-order valence-corrected chi connectivity index (χ2v) is 15.7. The molecule has 0 aromatic rings. The summed E-state index contributed by atoms with van der Waals surface area (Å²) in [5, 5.41) is 2.32. The standard InChI is InChI=1S/C34H55NO15P2/c1-22(2)13-10-14-23(3)15-11-16-24(4)17-12-18-25(5)19-20-45-51(40,41)50-52(42,43)49-34-31(35-26(6)36)33(47-29(9)39)32(46-28(8)38)30(48-34)21-44-27(7)37/h13,15,17,19,30-34H,10-12,14,16,18,20-21H2,1-9H3,(H,35,36)(H,40,41)(H,42,43)/b23-15+,24-17-,25-19-/t30?,31?,32-,33-,34-/m1/s1. The molecule has 296 valence electrons. The highest BCUT2D eigenvalue weighted by Gasteiger charge is 2.53. The van der Waals surface area contributed by atoms with Gasteiger partial charge in [-0.1, -0.05) is 46.6 Å². The van der Waals surface area contributed by atoms with Crippen LogP contribution < -0.4 is 5.32 Å². The van der Waals surface area contributed by atoms with Crippen LogP contribution in [0.1, 0.15) is 101 Å². The number of rotatable bonds is 21. The van der Waals surface area contributed by atoms with Crippen LogP contribution in [0.4, 0.5) is 0 Å². The summed E-state index contributed by atoms with van der Waals surface area (Å²) in [7, 11) is -10.8. The van der Waals surface area contributed by atoms with Gasteiger partial charge in [-0.25, -0.2) is 9.13 Å². The lowest BCUT2D eigenvalue weighted by molar-refractivity contribution is -0.259. The molecule has 3 N–H and O–H groups in total. The Bertz CT molecular complexity index is 1450. The molecule has 0 aromatic carbocycles. The predicted molar refractivity (Wildman–Crippen MR) is 190 cm³/mol. The van der Waals surface area contributed by atoms with E-state index < -0.39 is 83.3 Å². The normalized spacial score (nSPS) is 23.4. The van der Waals surface area contributed by atoms with E-state index in [9.17, 15) is 38.1 Å². The number of nitrogens with one attached hydrogen (secondary N) is 1. The minimum absolute atomic E-state index is 0.448. The Morgan fingerprint density at radius 1 is 0.692 bits per heavy atom. The van der Waals surface area contributed by atoms with Crippen molar-refractivity contribution in [1.82, 2.24) is 5.32 Å². The molecular formula is C34H55NO15P2. The molecular weight excluding hydrogens is 724 g/mol. The molecule has 4 unspecified atom stereocenters. The highest BCUT2D eigenvalue weighted by atomic mass is 31.3.